The van der Waals surface area contributed by atoms with Gasteiger partial charge in [0.15, 0.2) is 12.2 Å². The average molecular weight is 582 g/mol. The second-order valence-electron chi connectivity index (χ2n) is 10.3. The number of fused-ring (bicyclic) bond motifs is 1. The predicted molar refractivity (Wildman–Crippen MR) is 158 cm³/mol. The van der Waals surface area contributed by atoms with Crippen LogP contribution in [0.5, 0.6) is 0 Å². The van der Waals surface area contributed by atoms with Crippen LogP contribution in [0.2, 0.25) is 0 Å². The first kappa shape index (κ1) is 32.7. The number of carboxylic acid groups (broad SMARTS) is 2. The fourth-order valence-corrected chi connectivity index (χ4v) is 4.73. The van der Waals surface area contributed by atoms with Crippen LogP contribution in [0, 0.1) is 5.82 Å². The fraction of sp³-hybridized carbons (Fsp3) is 0.424. The zero-order valence-corrected chi connectivity index (χ0v) is 23.8. The van der Waals surface area contributed by atoms with E-state index in [4.69, 9.17) is 14.6 Å². The molecule has 0 saturated heterocycles. The van der Waals surface area contributed by atoms with E-state index < -0.39 is 36.7 Å². The van der Waals surface area contributed by atoms with Crippen molar-refractivity contribution >= 4 is 28.6 Å². The van der Waals surface area contributed by atoms with Gasteiger partial charge < -0.3 is 25.0 Å². The van der Waals surface area contributed by atoms with Crippen molar-refractivity contribution in [2.45, 2.75) is 70.0 Å². The number of aliphatic carboxylic acids is 2. The molecule has 0 bridgehead atoms. The Morgan fingerprint density at radius 3 is 2.07 bits per heavy atom. The Kier molecular flexibility index (Phi) is 13.9. The number of carboxylic acids is 2. The minimum Gasteiger partial charge on any atom is -0.480 e. The van der Waals surface area contributed by atoms with Crippen LogP contribution in [0.3, 0.4) is 0 Å². The van der Waals surface area contributed by atoms with Crippen LogP contribution in [0.4, 0.5) is 4.39 Å². The highest BCUT2D eigenvalue weighted by Crippen LogP contribution is 2.18. The number of hydrogen-bond donors (Lipinski definition) is 3. The number of benzene rings is 3. The average Bonchev–Trinajstić information content (AvgIpc) is 2.97. The second kappa shape index (κ2) is 17.9. The van der Waals surface area contributed by atoms with Crippen molar-refractivity contribution < 1.29 is 38.5 Å². The molecule has 0 aliphatic carbocycles. The first-order valence-electron chi connectivity index (χ1n) is 14.5. The summed E-state index contributed by atoms with van der Waals surface area (Å²) in [7, 11) is 0. The zero-order chi connectivity index (χ0) is 30.2. The number of nitrogens with one attached hydrogen (secondary N) is 1. The minimum absolute atomic E-state index is 0.138. The van der Waals surface area contributed by atoms with Gasteiger partial charge in [-0.15, -0.1) is 0 Å². The summed E-state index contributed by atoms with van der Waals surface area (Å²) in [5, 5.41) is 23.7. The molecular weight excluding hydrogens is 541 g/mol. The third-order valence-corrected chi connectivity index (χ3v) is 6.99. The predicted octanol–water partition coefficient (Wildman–Crippen LogP) is 5.55. The Morgan fingerprint density at radius 2 is 1.36 bits per heavy atom. The van der Waals surface area contributed by atoms with Gasteiger partial charge in [-0.2, -0.15) is 0 Å². The van der Waals surface area contributed by atoms with E-state index in [1.54, 1.807) is 12.1 Å². The van der Waals surface area contributed by atoms with E-state index in [1.807, 2.05) is 12.1 Å². The first-order chi connectivity index (χ1) is 20.3. The highest BCUT2D eigenvalue weighted by molar-refractivity contribution is 5.88. The molecule has 0 aliphatic heterocycles. The lowest BCUT2D eigenvalue weighted by Gasteiger charge is -2.23. The Balaban J connectivity index is 1.41. The van der Waals surface area contributed by atoms with Crippen molar-refractivity contribution in [3.63, 3.8) is 0 Å². The van der Waals surface area contributed by atoms with Crippen molar-refractivity contribution in [3.05, 3.63) is 83.7 Å². The highest BCUT2D eigenvalue weighted by atomic mass is 19.1. The fourth-order valence-electron chi connectivity index (χ4n) is 4.73. The molecule has 3 N–H and O–H groups in total. The lowest BCUT2D eigenvalue weighted by molar-refractivity contribution is -0.172. The molecule has 3 aromatic carbocycles. The van der Waals surface area contributed by atoms with Crippen LogP contribution in [-0.2, 0) is 36.7 Å². The van der Waals surface area contributed by atoms with E-state index in [9.17, 15) is 23.9 Å². The molecule has 3 rings (SSSR count). The van der Waals surface area contributed by atoms with Crippen LogP contribution in [-0.4, -0.2) is 60.0 Å². The van der Waals surface area contributed by atoms with E-state index in [0.717, 1.165) is 50.5 Å². The molecule has 226 valence electrons. The van der Waals surface area contributed by atoms with Gasteiger partial charge in [0.05, 0.1) is 0 Å². The van der Waals surface area contributed by atoms with Gasteiger partial charge in [0.25, 0.3) is 5.91 Å². The number of carbonyl (C=O) groups is 3. The number of hydrogen-bond acceptors (Lipinski definition) is 5. The van der Waals surface area contributed by atoms with Gasteiger partial charge in [-0.3, -0.25) is 4.79 Å². The summed E-state index contributed by atoms with van der Waals surface area (Å²) in [5.74, 6) is -3.70. The van der Waals surface area contributed by atoms with Crippen LogP contribution in [0.1, 0.15) is 56.1 Å². The van der Waals surface area contributed by atoms with E-state index in [1.165, 1.54) is 28.5 Å². The van der Waals surface area contributed by atoms with Crippen LogP contribution in [0.25, 0.3) is 10.8 Å². The molecule has 0 saturated carbocycles. The summed E-state index contributed by atoms with van der Waals surface area (Å²) in [5.41, 5.74) is 2.30. The maximum atomic E-state index is 13.0. The first-order valence-corrected chi connectivity index (χ1v) is 14.5. The standard InChI is InChI=1S/C33H40FNO7/c34-28-18-15-24(16-19-28)10-4-1-2-8-20-35-32(38)30(31(33(39)40)42-23-29(36)37)41-21-9-3-5-11-25-14-17-26-12-6-7-13-27(26)22-25/h6-7,12-19,22,30-31H,1-5,8-11,20-21,23H2,(H,35,38)(H,36,37)(H,39,40). The molecule has 9 heteroatoms. The van der Waals surface area contributed by atoms with Crippen LogP contribution < -0.4 is 5.32 Å². The largest absolute Gasteiger partial charge is 0.480 e. The lowest BCUT2D eigenvalue weighted by atomic mass is 10.0. The molecule has 0 aromatic heterocycles. The van der Waals surface area contributed by atoms with Gasteiger partial charge in [0.1, 0.15) is 12.4 Å². The third kappa shape index (κ3) is 11.6. The monoisotopic (exact) mass is 581 g/mol. The van der Waals surface area contributed by atoms with Crippen molar-refractivity contribution in [1.82, 2.24) is 5.32 Å². The van der Waals surface area contributed by atoms with Crippen molar-refractivity contribution in [1.29, 1.82) is 0 Å². The number of ether oxygens (including phenoxy) is 2. The molecular formula is C33H40FNO7. The summed E-state index contributed by atoms with van der Waals surface area (Å²) in [6.07, 6.45) is 4.22. The van der Waals surface area contributed by atoms with Crippen LogP contribution >= 0.6 is 0 Å². The van der Waals surface area contributed by atoms with Gasteiger partial charge in [-0.1, -0.05) is 73.9 Å². The summed E-state index contributed by atoms with van der Waals surface area (Å²) in [6, 6.07) is 21.0. The maximum absolute atomic E-state index is 13.0. The number of carbonyl (C=O) groups excluding carboxylic acids is 1. The Labute approximate surface area is 245 Å². The number of amides is 1. The van der Waals surface area contributed by atoms with Crippen molar-refractivity contribution in [2.24, 2.45) is 0 Å². The quantitative estimate of drug-likeness (QED) is 0.150. The summed E-state index contributed by atoms with van der Waals surface area (Å²) in [6.45, 7) is -0.393. The molecule has 0 spiro atoms. The molecule has 2 unspecified atom stereocenters. The van der Waals surface area contributed by atoms with Gasteiger partial charge >= 0.3 is 11.9 Å². The molecule has 0 radical (unpaired) electrons. The highest BCUT2D eigenvalue weighted by Gasteiger charge is 2.36. The van der Waals surface area contributed by atoms with E-state index in [2.05, 4.69) is 35.6 Å². The SMILES string of the molecule is O=C(O)COC(C(=O)O)C(OCCCCCc1ccc2ccccc2c1)C(=O)NCCCCCCc1ccc(F)cc1. The lowest BCUT2D eigenvalue weighted by Crippen LogP contribution is -2.49. The number of unbranched alkanes of at least 4 members (excludes halogenated alkanes) is 5. The Bertz CT molecular complexity index is 1280. The Morgan fingerprint density at radius 1 is 0.714 bits per heavy atom. The molecule has 2 atom stereocenters. The van der Waals surface area contributed by atoms with Gasteiger partial charge in [-0.05, 0) is 72.6 Å². The maximum Gasteiger partial charge on any atom is 0.336 e. The summed E-state index contributed by atoms with van der Waals surface area (Å²) >= 11 is 0. The van der Waals surface area contributed by atoms with Gasteiger partial charge in [-0.25, -0.2) is 14.0 Å². The van der Waals surface area contributed by atoms with E-state index in [-0.39, 0.29) is 12.4 Å². The molecule has 0 fully saturated rings. The van der Waals surface area contributed by atoms with Gasteiger partial charge in [0, 0.05) is 13.2 Å². The molecule has 1 amide bonds. The molecule has 42 heavy (non-hydrogen) atoms. The molecule has 0 heterocycles. The summed E-state index contributed by atoms with van der Waals surface area (Å²) in [4.78, 5) is 35.7. The normalized spacial score (nSPS) is 12.6. The zero-order valence-electron chi connectivity index (χ0n) is 23.8. The number of halogens is 1. The second-order valence-corrected chi connectivity index (χ2v) is 10.3. The number of aryl methyl sites for hydroxylation is 2. The third-order valence-electron chi connectivity index (χ3n) is 6.99. The summed E-state index contributed by atoms with van der Waals surface area (Å²) < 4.78 is 23.7. The van der Waals surface area contributed by atoms with E-state index in [0.29, 0.717) is 19.4 Å². The Hall–Kier alpha value is -3.82. The van der Waals surface area contributed by atoms with Crippen LogP contribution in [0.15, 0.2) is 66.7 Å². The minimum atomic E-state index is -1.74. The molecule has 8 nitrogen and oxygen atoms in total. The van der Waals surface area contributed by atoms with Gasteiger partial charge in [0.2, 0.25) is 0 Å². The molecule has 3 aromatic rings. The van der Waals surface area contributed by atoms with Crippen molar-refractivity contribution in [2.75, 3.05) is 19.8 Å². The smallest absolute Gasteiger partial charge is 0.336 e. The van der Waals surface area contributed by atoms with Crippen molar-refractivity contribution in [3.8, 4) is 0 Å². The van der Waals surface area contributed by atoms with E-state index >= 15 is 0 Å². The molecule has 0 aliphatic rings. The number of rotatable bonds is 20. The topological polar surface area (TPSA) is 122 Å².